The van der Waals surface area contributed by atoms with Crippen LogP contribution >= 0.6 is 15.9 Å². The number of hydrogen-bond donors (Lipinski definition) is 2. The number of furan rings is 1. The second kappa shape index (κ2) is 6.07. The first kappa shape index (κ1) is 14.4. The molecule has 0 atom stereocenters. The Morgan fingerprint density at radius 1 is 1.36 bits per heavy atom. The van der Waals surface area contributed by atoms with Gasteiger partial charge in [-0.15, -0.1) is 0 Å². The van der Waals surface area contributed by atoms with Gasteiger partial charge < -0.3 is 14.5 Å². The van der Waals surface area contributed by atoms with Crippen LogP contribution in [0, 0.1) is 0 Å². The lowest BCUT2D eigenvalue weighted by molar-refractivity contribution is 0.102. The third-order valence-corrected chi connectivity index (χ3v) is 3.50. The predicted octanol–water partition coefficient (Wildman–Crippen LogP) is 3.69. The van der Waals surface area contributed by atoms with E-state index in [-0.39, 0.29) is 11.6 Å². The van der Waals surface area contributed by atoms with Crippen molar-refractivity contribution in [3.05, 3.63) is 52.8 Å². The second-order valence-electron chi connectivity index (χ2n) is 4.44. The van der Waals surface area contributed by atoms with Crippen molar-refractivity contribution < 1.29 is 13.9 Å². The van der Waals surface area contributed by atoms with E-state index >= 15 is 0 Å². The van der Waals surface area contributed by atoms with Gasteiger partial charge in [-0.25, -0.2) is 0 Å². The molecule has 0 saturated heterocycles. The first-order valence-corrected chi connectivity index (χ1v) is 7.21. The number of halogens is 1. The zero-order chi connectivity index (χ0) is 15.5. The van der Waals surface area contributed by atoms with E-state index < -0.39 is 0 Å². The van der Waals surface area contributed by atoms with Crippen LogP contribution in [0.5, 0.6) is 5.75 Å². The molecule has 2 N–H and O–H groups in total. The van der Waals surface area contributed by atoms with Crippen molar-refractivity contribution in [3.63, 3.8) is 0 Å². The van der Waals surface area contributed by atoms with Crippen molar-refractivity contribution in [2.45, 2.75) is 0 Å². The maximum Gasteiger partial charge on any atom is 0.276 e. The molecule has 22 heavy (non-hydrogen) atoms. The highest BCUT2D eigenvalue weighted by Gasteiger charge is 2.15. The number of carbonyl (C=O) groups is 1. The summed E-state index contributed by atoms with van der Waals surface area (Å²) in [4.78, 5) is 12.3. The van der Waals surface area contributed by atoms with Crippen LogP contribution in [0.2, 0.25) is 0 Å². The maximum atomic E-state index is 12.3. The molecule has 3 rings (SSSR count). The van der Waals surface area contributed by atoms with Gasteiger partial charge in [0, 0.05) is 10.5 Å². The van der Waals surface area contributed by atoms with Gasteiger partial charge in [0.05, 0.1) is 19.1 Å². The van der Waals surface area contributed by atoms with E-state index in [2.05, 4.69) is 31.4 Å². The smallest absolute Gasteiger partial charge is 0.276 e. The van der Waals surface area contributed by atoms with Gasteiger partial charge in [0.25, 0.3) is 5.91 Å². The normalized spacial score (nSPS) is 10.5. The molecular formula is C15H12BrN3O3. The first-order valence-electron chi connectivity index (χ1n) is 6.41. The zero-order valence-electron chi connectivity index (χ0n) is 11.6. The van der Waals surface area contributed by atoms with E-state index in [1.165, 1.54) is 0 Å². The van der Waals surface area contributed by atoms with E-state index in [4.69, 9.17) is 9.15 Å². The number of amides is 1. The van der Waals surface area contributed by atoms with E-state index in [1.807, 2.05) is 6.07 Å². The lowest BCUT2D eigenvalue weighted by Crippen LogP contribution is -2.13. The standard InChI is InChI=1S/C15H12BrN3O3/c1-21-13-5-4-9(16)7-10(13)17-15(20)12-8-11(18-19-12)14-3-2-6-22-14/h2-8H,1H3,(H,17,20)(H,18,19). The number of aromatic amines is 1. The molecule has 7 heteroatoms. The highest BCUT2D eigenvalue weighted by Crippen LogP contribution is 2.28. The second-order valence-corrected chi connectivity index (χ2v) is 5.36. The average Bonchev–Trinajstić information content (AvgIpc) is 3.18. The van der Waals surface area contributed by atoms with Gasteiger partial charge in [0.1, 0.15) is 11.4 Å². The van der Waals surface area contributed by atoms with Crippen LogP contribution in [-0.4, -0.2) is 23.2 Å². The van der Waals surface area contributed by atoms with Crippen LogP contribution in [0.15, 0.2) is 51.6 Å². The fourth-order valence-electron chi connectivity index (χ4n) is 1.96. The highest BCUT2D eigenvalue weighted by molar-refractivity contribution is 9.10. The van der Waals surface area contributed by atoms with Crippen molar-refractivity contribution in [3.8, 4) is 17.2 Å². The average molecular weight is 362 g/mol. The Labute approximate surface area is 134 Å². The molecule has 6 nitrogen and oxygen atoms in total. The molecule has 112 valence electrons. The number of H-pyrrole nitrogens is 1. The van der Waals surface area contributed by atoms with Gasteiger partial charge in [0.2, 0.25) is 0 Å². The van der Waals surface area contributed by atoms with Gasteiger partial charge in [-0.05, 0) is 30.3 Å². The summed E-state index contributed by atoms with van der Waals surface area (Å²) in [5, 5.41) is 9.54. The minimum atomic E-state index is -0.342. The Balaban J connectivity index is 1.82. The van der Waals surface area contributed by atoms with Crippen LogP contribution in [-0.2, 0) is 0 Å². The maximum absolute atomic E-state index is 12.3. The molecule has 0 unspecified atom stereocenters. The number of aromatic nitrogens is 2. The van der Waals surface area contributed by atoms with Gasteiger partial charge >= 0.3 is 0 Å². The molecule has 3 aromatic rings. The van der Waals surface area contributed by atoms with Gasteiger partial charge in [-0.3, -0.25) is 9.89 Å². The summed E-state index contributed by atoms with van der Waals surface area (Å²) >= 11 is 3.36. The fourth-order valence-corrected chi connectivity index (χ4v) is 2.32. The minimum Gasteiger partial charge on any atom is -0.495 e. The Bertz CT molecular complexity index is 796. The van der Waals surface area contributed by atoms with Gasteiger partial charge in [-0.2, -0.15) is 5.10 Å². The van der Waals surface area contributed by atoms with E-state index in [9.17, 15) is 4.79 Å². The monoisotopic (exact) mass is 361 g/mol. The van der Waals surface area contributed by atoms with Crippen molar-refractivity contribution in [1.29, 1.82) is 0 Å². The molecule has 0 bridgehead atoms. The highest BCUT2D eigenvalue weighted by atomic mass is 79.9. The molecule has 0 saturated carbocycles. The molecule has 1 amide bonds. The molecule has 0 aliphatic carbocycles. The number of benzene rings is 1. The number of nitrogens with one attached hydrogen (secondary N) is 2. The van der Waals surface area contributed by atoms with Gasteiger partial charge in [0.15, 0.2) is 11.5 Å². The minimum absolute atomic E-state index is 0.258. The van der Waals surface area contributed by atoms with E-state index in [1.54, 1.807) is 43.7 Å². The summed E-state index contributed by atoms with van der Waals surface area (Å²) < 4.78 is 11.3. The predicted molar refractivity (Wildman–Crippen MR) is 84.9 cm³/mol. The van der Waals surface area contributed by atoms with Crippen molar-refractivity contribution in [2.24, 2.45) is 0 Å². The summed E-state index contributed by atoms with van der Waals surface area (Å²) in [5.41, 5.74) is 1.45. The van der Waals surface area contributed by atoms with Crippen LogP contribution in [0.25, 0.3) is 11.5 Å². The van der Waals surface area contributed by atoms with E-state index in [0.717, 1.165) is 4.47 Å². The molecule has 0 fully saturated rings. The fraction of sp³-hybridized carbons (Fsp3) is 0.0667. The lowest BCUT2D eigenvalue weighted by Gasteiger charge is -2.09. The number of methoxy groups -OCH3 is 1. The molecule has 0 aliphatic rings. The first-order chi connectivity index (χ1) is 10.7. The van der Waals surface area contributed by atoms with Crippen molar-refractivity contribution in [2.75, 3.05) is 12.4 Å². The van der Waals surface area contributed by atoms with Crippen LogP contribution in [0.3, 0.4) is 0 Å². The van der Waals surface area contributed by atoms with Crippen LogP contribution < -0.4 is 10.1 Å². The molecule has 2 aromatic heterocycles. The Kier molecular flexibility index (Phi) is 3.97. The van der Waals surface area contributed by atoms with Crippen LogP contribution in [0.4, 0.5) is 5.69 Å². The quantitative estimate of drug-likeness (QED) is 0.742. The third-order valence-electron chi connectivity index (χ3n) is 3.01. The molecule has 0 spiro atoms. The Hall–Kier alpha value is -2.54. The largest absolute Gasteiger partial charge is 0.495 e. The SMILES string of the molecule is COc1ccc(Br)cc1NC(=O)c1cc(-c2ccco2)[nH]n1. The number of ether oxygens (including phenoxy) is 1. The number of carbonyl (C=O) groups excluding carboxylic acids is 1. The Morgan fingerprint density at radius 2 is 2.23 bits per heavy atom. The summed E-state index contributed by atoms with van der Waals surface area (Å²) in [6.45, 7) is 0. The summed E-state index contributed by atoms with van der Waals surface area (Å²) in [6.07, 6.45) is 1.56. The summed E-state index contributed by atoms with van der Waals surface area (Å²) in [6, 6.07) is 10.5. The molecular weight excluding hydrogens is 350 g/mol. The molecule has 0 radical (unpaired) electrons. The zero-order valence-corrected chi connectivity index (χ0v) is 13.2. The number of hydrogen-bond acceptors (Lipinski definition) is 4. The third kappa shape index (κ3) is 2.89. The molecule has 0 aliphatic heterocycles. The van der Waals surface area contributed by atoms with E-state index in [0.29, 0.717) is 22.9 Å². The number of nitrogens with zero attached hydrogens (tertiary/aromatic N) is 1. The van der Waals surface area contributed by atoms with Crippen molar-refractivity contribution in [1.82, 2.24) is 10.2 Å². The number of anilines is 1. The summed E-state index contributed by atoms with van der Waals surface area (Å²) in [7, 11) is 1.54. The lowest BCUT2D eigenvalue weighted by atomic mass is 10.2. The van der Waals surface area contributed by atoms with Crippen LogP contribution in [0.1, 0.15) is 10.5 Å². The summed E-state index contributed by atoms with van der Waals surface area (Å²) in [5.74, 6) is 0.843. The number of rotatable bonds is 4. The topological polar surface area (TPSA) is 80.1 Å². The molecule has 2 heterocycles. The van der Waals surface area contributed by atoms with Gasteiger partial charge in [-0.1, -0.05) is 15.9 Å². The Morgan fingerprint density at radius 3 is 2.95 bits per heavy atom. The molecule has 1 aromatic carbocycles. The van der Waals surface area contributed by atoms with Crippen molar-refractivity contribution >= 4 is 27.5 Å².